The number of aliphatic hydroxyl groups excluding tert-OH is 2. The molecule has 128 valence electrons. The van der Waals surface area contributed by atoms with Crippen molar-refractivity contribution in [1.82, 2.24) is 10.2 Å². The van der Waals surface area contributed by atoms with Gasteiger partial charge in [0, 0.05) is 19.5 Å². The molecule has 0 spiro atoms. The van der Waals surface area contributed by atoms with E-state index in [1.165, 1.54) is 12.6 Å². The minimum atomic E-state index is -1.54. The molecule has 1 amide bonds. The van der Waals surface area contributed by atoms with E-state index < -0.39 is 24.4 Å². The Morgan fingerprint density at radius 2 is 2.00 bits per heavy atom. The van der Waals surface area contributed by atoms with Crippen LogP contribution in [0, 0.1) is 0 Å². The maximum Gasteiger partial charge on any atom is 0.221 e. The van der Waals surface area contributed by atoms with Gasteiger partial charge >= 0.3 is 0 Å². The topological polar surface area (TPSA) is 72.8 Å². The molecule has 0 aromatic heterocycles. The van der Waals surface area contributed by atoms with E-state index in [4.69, 9.17) is 0 Å². The predicted molar refractivity (Wildman–Crippen MR) is 85.7 cm³/mol. The van der Waals surface area contributed by atoms with Gasteiger partial charge in [0.05, 0.1) is 12.6 Å². The summed E-state index contributed by atoms with van der Waals surface area (Å²) in [5.41, 5.74) is 1.19. The fraction of sp³-hybridized carbons (Fsp3) is 0.588. The Kier molecular flexibility index (Phi) is 6.50. The highest BCUT2D eigenvalue weighted by Gasteiger charge is 2.48. The van der Waals surface area contributed by atoms with Crippen LogP contribution in [-0.2, 0) is 11.2 Å². The van der Waals surface area contributed by atoms with Gasteiger partial charge in [-0.3, -0.25) is 9.69 Å². The van der Waals surface area contributed by atoms with Crippen LogP contribution < -0.4 is 5.32 Å². The van der Waals surface area contributed by atoms with Gasteiger partial charge in [-0.15, -0.1) is 0 Å². The number of nitrogens with one attached hydrogen (secondary N) is 1. The van der Waals surface area contributed by atoms with Crippen LogP contribution >= 0.6 is 0 Å². The van der Waals surface area contributed by atoms with Crippen molar-refractivity contribution in [1.29, 1.82) is 0 Å². The second-order valence-electron chi connectivity index (χ2n) is 5.96. The highest BCUT2D eigenvalue weighted by atomic mass is 19.1. The third-order valence-corrected chi connectivity index (χ3v) is 4.53. The van der Waals surface area contributed by atoms with E-state index in [1.54, 1.807) is 4.90 Å². The number of hydrogen-bond acceptors (Lipinski definition) is 4. The van der Waals surface area contributed by atoms with Gasteiger partial charge in [-0.2, -0.15) is 0 Å². The van der Waals surface area contributed by atoms with E-state index in [2.05, 4.69) is 5.32 Å². The third kappa shape index (κ3) is 4.28. The van der Waals surface area contributed by atoms with E-state index in [-0.39, 0.29) is 18.9 Å². The van der Waals surface area contributed by atoms with Crippen molar-refractivity contribution in [3.63, 3.8) is 0 Å². The molecule has 1 heterocycles. The van der Waals surface area contributed by atoms with Gasteiger partial charge in [-0.25, -0.2) is 4.39 Å². The summed E-state index contributed by atoms with van der Waals surface area (Å²) in [5.74, 6) is -0.243. The van der Waals surface area contributed by atoms with Gasteiger partial charge in [0.2, 0.25) is 5.91 Å². The van der Waals surface area contributed by atoms with Crippen LogP contribution in [-0.4, -0.2) is 65.6 Å². The first-order valence-corrected chi connectivity index (χ1v) is 8.01. The second kappa shape index (κ2) is 8.38. The molecule has 1 aliphatic rings. The minimum Gasteiger partial charge on any atom is -0.395 e. The van der Waals surface area contributed by atoms with Crippen LogP contribution in [0.2, 0.25) is 0 Å². The molecule has 4 atom stereocenters. The average Bonchev–Trinajstić information content (AvgIpc) is 2.80. The molecule has 1 saturated heterocycles. The van der Waals surface area contributed by atoms with Crippen molar-refractivity contribution < 1.29 is 19.4 Å². The number of benzene rings is 1. The molecular weight excluding hydrogens is 299 g/mol. The van der Waals surface area contributed by atoms with Crippen molar-refractivity contribution in [2.45, 2.75) is 43.6 Å². The van der Waals surface area contributed by atoms with Gasteiger partial charge in [-0.1, -0.05) is 30.3 Å². The van der Waals surface area contributed by atoms with Crippen molar-refractivity contribution >= 4 is 5.91 Å². The molecule has 0 bridgehead atoms. The molecule has 0 aliphatic carbocycles. The predicted octanol–water partition coefficient (Wildman–Crippen LogP) is 0.499. The summed E-state index contributed by atoms with van der Waals surface area (Å²) in [6.07, 6.45) is -1.16. The van der Waals surface area contributed by atoms with Crippen LogP contribution in [0.5, 0.6) is 0 Å². The largest absolute Gasteiger partial charge is 0.395 e. The van der Waals surface area contributed by atoms with Crippen LogP contribution in [0.3, 0.4) is 0 Å². The number of halogens is 1. The Labute approximate surface area is 136 Å². The molecule has 5 nitrogen and oxygen atoms in total. The lowest BCUT2D eigenvalue weighted by atomic mass is 10.1. The first kappa shape index (κ1) is 17.8. The van der Waals surface area contributed by atoms with Crippen LogP contribution in [0.25, 0.3) is 0 Å². The SMILES string of the molecule is CNC(=O)CC1[C@@H](O)[C@@H](F)[C@@H](CO)N1CCCc1ccccc1. The zero-order valence-electron chi connectivity index (χ0n) is 13.4. The summed E-state index contributed by atoms with van der Waals surface area (Å²) in [5, 5.41) is 22.0. The first-order valence-electron chi connectivity index (χ1n) is 8.01. The molecule has 1 aromatic carbocycles. The van der Waals surface area contributed by atoms with Gasteiger partial charge in [0.25, 0.3) is 0 Å². The highest BCUT2D eigenvalue weighted by Crippen LogP contribution is 2.30. The van der Waals surface area contributed by atoms with Crippen molar-refractivity contribution in [3.8, 4) is 0 Å². The van der Waals surface area contributed by atoms with E-state index in [1.807, 2.05) is 30.3 Å². The number of aryl methyl sites for hydroxylation is 1. The number of nitrogens with zero attached hydrogens (tertiary/aromatic N) is 1. The van der Waals surface area contributed by atoms with E-state index in [9.17, 15) is 19.4 Å². The van der Waals surface area contributed by atoms with Gasteiger partial charge in [-0.05, 0) is 24.9 Å². The Bertz CT molecular complexity index is 500. The molecule has 1 unspecified atom stereocenters. The van der Waals surface area contributed by atoms with Crippen LogP contribution in [0.4, 0.5) is 4.39 Å². The zero-order valence-corrected chi connectivity index (χ0v) is 13.4. The Morgan fingerprint density at radius 3 is 2.61 bits per heavy atom. The van der Waals surface area contributed by atoms with E-state index in [0.29, 0.717) is 6.54 Å². The number of aliphatic hydroxyl groups is 2. The standard InChI is InChI=1S/C17H25FN2O3/c1-19-15(22)10-13-17(23)16(18)14(11-21)20(13)9-5-8-12-6-3-2-4-7-12/h2-4,6-7,13-14,16-17,21,23H,5,8-11H2,1H3,(H,19,22)/t13?,14-,16+,17-/m1/s1. The molecule has 1 fully saturated rings. The molecule has 0 saturated carbocycles. The van der Waals surface area contributed by atoms with Crippen molar-refractivity contribution in [2.75, 3.05) is 20.2 Å². The van der Waals surface area contributed by atoms with Gasteiger partial charge < -0.3 is 15.5 Å². The molecule has 3 N–H and O–H groups in total. The molecule has 6 heteroatoms. The smallest absolute Gasteiger partial charge is 0.221 e. The quantitative estimate of drug-likeness (QED) is 0.683. The molecule has 0 radical (unpaired) electrons. The van der Waals surface area contributed by atoms with Gasteiger partial charge in [0.1, 0.15) is 12.3 Å². The first-order chi connectivity index (χ1) is 11.1. The van der Waals surface area contributed by atoms with Crippen LogP contribution in [0.1, 0.15) is 18.4 Å². The maximum atomic E-state index is 14.2. The van der Waals surface area contributed by atoms with Crippen molar-refractivity contribution in [3.05, 3.63) is 35.9 Å². The lowest BCUT2D eigenvalue weighted by Crippen LogP contribution is -2.43. The average molecular weight is 324 g/mol. The number of alkyl halides is 1. The lowest BCUT2D eigenvalue weighted by Gasteiger charge is -2.29. The molecule has 1 aliphatic heterocycles. The van der Waals surface area contributed by atoms with Gasteiger partial charge in [0.15, 0.2) is 0 Å². The lowest BCUT2D eigenvalue weighted by molar-refractivity contribution is -0.122. The number of likely N-dealkylation sites (tertiary alicyclic amines) is 1. The zero-order chi connectivity index (χ0) is 16.8. The summed E-state index contributed by atoms with van der Waals surface area (Å²) in [6, 6.07) is 8.60. The number of carbonyl (C=O) groups excluding carboxylic acids is 1. The summed E-state index contributed by atoms with van der Waals surface area (Å²) >= 11 is 0. The monoisotopic (exact) mass is 324 g/mol. The highest BCUT2D eigenvalue weighted by molar-refractivity contribution is 5.76. The van der Waals surface area contributed by atoms with Crippen molar-refractivity contribution in [2.24, 2.45) is 0 Å². The summed E-state index contributed by atoms with van der Waals surface area (Å²) in [7, 11) is 1.51. The number of amides is 1. The third-order valence-electron chi connectivity index (χ3n) is 4.53. The summed E-state index contributed by atoms with van der Waals surface area (Å²) in [4.78, 5) is 13.4. The molecule has 23 heavy (non-hydrogen) atoms. The number of rotatable bonds is 7. The molecule has 2 rings (SSSR count). The Morgan fingerprint density at radius 1 is 1.30 bits per heavy atom. The Hall–Kier alpha value is -1.50. The number of hydrogen-bond donors (Lipinski definition) is 3. The minimum absolute atomic E-state index is 0.0277. The fourth-order valence-electron chi connectivity index (χ4n) is 3.24. The molecule has 1 aromatic rings. The second-order valence-corrected chi connectivity index (χ2v) is 5.96. The Balaban J connectivity index is 2.00. The summed E-state index contributed by atoms with van der Waals surface area (Å²) < 4.78 is 14.2. The number of carbonyl (C=O) groups is 1. The van der Waals surface area contributed by atoms with E-state index >= 15 is 0 Å². The van der Waals surface area contributed by atoms with E-state index in [0.717, 1.165) is 12.8 Å². The normalized spacial score (nSPS) is 28.0. The summed E-state index contributed by atoms with van der Waals surface area (Å²) in [6.45, 7) is 0.160. The molecular formula is C17H25FN2O3. The maximum absolute atomic E-state index is 14.2. The fourth-order valence-corrected chi connectivity index (χ4v) is 3.24. The van der Waals surface area contributed by atoms with Crippen LogP contribution in [0.15, 0.2) is 30.3 Å².